The van der Waals surface area contributed by atoms with Gasteiger partial charge in [0.05, 0.1) is 5.52 Å². The molecule has 6 nitrogen and oxygen atoms in total. The van der Waals surface area contributed by atoms with Crippen LogP contribution in [-0.4, -0.2) is 23.0 Å². The average molecular weight is 392 g/mol. The Labute approximate surface area is 163 Å². The smallest absolute Gasteiger partial charge is 0.243 e. The highest BCUT2D eigenvalue weighted by atomic mass is 32.2. The first-order chi connectivity index (χ1) is 13.5. The van der Waals surface area contributed by atoms with E-state index in [0.717, 1.165) is 16.5 Å². The SMILES string of the molecule is Cc1cnc2c(S(=O)(=O)N[C@H](c3ccccc3)c3nccn3C)cccc2c1. The highest BCUT2D eigenvalue weighted by Gasteiger charge is 2.27. The van der Waals surface area contributed by atoms with E-state index in [0.29, 0.717) is 11.3 Å². The lowest BCUT2D eigenvalue weighted by Gasteiger charge is -2.19. The largest absolute Gasteiger partial charge is 0.336 e. The second-order valence-corrected chi connectivity index (χ2v) is 8.38. The first kappa shape index (κ1) is 18.3. The number of para-hydroxylation sites is 1. The van der Waals surface area contributed by atoms with E-state index in [4.69, 9.17) is 0 Å². The van der Waals surface area contributed by atoms with Crippen LogP contribution in [0, 0.1) is 6.92 Å². The molecule has 1 N–H and O–H groups in total. The van der Waals surface area contributed by atoms with E-state index in [-0.39, 0.29) is 4.90 Å². The molecule has 0 amide bonds. The number of pyridine rings is 1. The van der Waals surface area contributed by atoms with Crippen molar-refractivity contribution >= 4 is 20.9 Å². The van der Waals surface area contributed by atoms with Gasteiger partial charge in [0.1, 0.15) is 16.8 Å². The lowest BCUT2D eigenvalue weighted by atomic mass is 10.1. The van der Waals surface area contributed by atoms with Crippen molar-refractivity contribution in [1.82, 2.24) is 19.3 Å². The van der Waals surface area contributed by atoms with Gasteiger partial charge in [-0.05, 0) is 30.2 Å². The molecule has 142 valence electrons. The van der Waals surface area contributed by atoms with Crippen LogP contribution in [0.3, 0.4) is 0 Å². The Hall–Kier alpha value is -3.03. The molecule has 4 rings (SSSR count). The molecule has 0 saturated heterocycles. The Bertz CT molecular complexity index is 1230. The molecule has 0 aliphatic carbocycles. The third-order valence-corrected chi connectivity index (χ3v) is 6.08. The Morgan fingerprint density at radius 1 is 1.04 bits per heavy atom. The van der Waals surface area contributed by atoms with E-state index in [9.17, 15) is 8.42 Å². The molecule has 28 heavy (non-hydrogen) atoms. The molecule has 4 aromatic rings. The summed E-state index contributed by atoms with van der Waals surface area (Å²) >= 11 is 0. The van der Waals surface area contributed by atoms with Crippen molar-refractivity contribution in [1.29, 1.82) is 0 Å². The van der Waals surface area contributed by atoms with Gasteiger partial charge in [-0.15, -0.1) is 0 Å². The molecular weight excluding hydrogens is 372 g/mol. The molecule has 0 fully saturated rings. The van der Waals surface area contributed by atoms with Gasteiger partial charge in [-0.3, -0.25) is 4.98 Å². The number of nitrogens with zero attached hydrogens (tertiary/aromatic N) is 3. The quantitative estimate of drug-likeness (QED) is 0.565. The van der Waals surface area contributed by atoms with Gasteiger partial charge in [0.15, 0.2) is 0 Å². The predicted molar refractivity (Wildman–Crippen MR) is 108 cm³/mol. The number of aryl methyl sites for hydroxylation is 2. The van der Waals surface area contributed by atoms with Gasteiger partial charge in [0.25, 0.3) is 0 Å². The second kappa shape index (κ2) is 7.18. The zero-order valence-electron chi connectivity index (χ0n) is 15.6. The maximum Gasteiger partial charge on any atom is 0.243 e. The van der Waals surface area contributed by atoms with Crippen LogP contribution in [0.1, 0.15) is 23.0 Å². The summed E-state index contributed by atoms with van der Waals surface area (Å²) in [6.07, 6.45) is 5.12. The summed E-state index contributed by atoms with van der Waals surface area (Å²) in [5.41, 5.74) is 2.24. The van der Waals surface area contributed by atoms with E-state index in [1.54, 1.807) is 30.7 Å². The molecular formula is C21H20N4O2S. The zero-order chi connectivity index (χ0) is 19.7. The van der Waals surface area contributed by atoms with Crippen LogP contribution in [0.15, 0.2) is 78.1 Å². The normalized spacial score (nSPS) is 12.9. The lowest BCUT2D eigenvalue weighted by molar-refractivity contribution is 0.563. The van der Waals surface area contributed by atoms with Gasteiger partial charge in [0, 0.05) is 31.0 Å². The minimum atomic E-state index is -3.86. The fourth-order valence-corrected chi connectivity index (χ4v) is 4.61. The average Bonchev–Trinajstić information content (AvgIpc) is 3.12. The van der Waals surface area contributed by atoms with Crippen molar-refractivity contribution in [2.75, 3.05) is 0 Å². The van der Waals surface area contributed by atoms with Crippen LogP contribution in [-0.2, 0) is 17.1 Å². The molecule has 1 atom stereocenters. The Balaban J connectivity index is 1.82. The summed E-state index contributed by atoms with van der Waals surface area (Å²) in [6, 6.07) is 15.9. The number of benzene rings is 2. The number of nitrogens with one attached hydrogen (secondary N) is 1. The van der Waals surface area contributed by atoms with Gasteiger partial charge in [-0.2, -0.15) is 4.72 Å². The van der Waals surface area contributed by atoms with Crippen molar-refractivity contribution in [2.45, 2.75) is 17.9 Å². The number of rotatable bonds is 5. The first-order valence-corrected chi connectivity index (χ1v) is 10.3. The lowest BCUT2D eigenvalue weighted by Crippen LogP contribution is -2.31. The minimum absolute atomic E-state index is 0.153. The fraction of sp³-hybridized carbons (Fsp3) is 0.143. The van der Waals surface area contributed by atoms with E-state index in [1.807, 2.05) is 61.0 Å². The second-order valence-electron chi connectivity index (χ2n) is 6.70. The van der Waals surface area contributed by atoms with Gasteiger partial charge in [0.2, 0.25) is 10.0 Å². The zero-order valence-corrected chi connectivity index (χ0v) is 16.4. The van der Waals surface area contributed by atoms with Gasteiger partial charge in [-0.25, -0.2) is 13.4 Å². The highest BCUT2D eigenvalue weighted by Crippen LogP contribution is 2.26. The van der Waals surface area contributed by atoms with Crippen molar-refractivity contribution in [3.05, 3.63) is 90.1 Å². The van der Waals surface area contributed by atoms with Crippen molar-refractivity contribution in [2.24, 2.45) is 7.05 Å². The molecule has 2 aromatic heterocycles. The van der Waals surface area contributed by atoms with Crippen molar-refractivity contribution < 1.29 is 8.42 Å². The summed E-state index contributed by atoms with van der Waals surface area (Å²) in [7, 11) is -2.01. The number of hydrogen-bond donors (Lipinski definition) is 1. The number of aromatic nitrogens is 3. The molecule has 2 heterocycles. The molecule has 0 radical (unpaired) electrons. The topological polar surface area (TPSA) is 76.9 Å². The minimum Gasteiger partial charge on any atom is -0.336 e. The fourth-order valence-electron chi connectivity index (χ4n) is 3.25. The molecule has 2 aromatic carbocycles. The van der Waals surface area contributed by atoms with E-state index >= 15 is 0 Å². The predicted octanol–water partition coefficient (Wildman–Crippen LogP) is 3.34. The van der Waals surface area contributed by atoms with Crippen LogP contribution >= 0.6 is 0 Å². The van der Waals surface area contributed by atoms with Crippen LogP contribution < -0.4 is 4.72 Å². The summed E-state index contributed by atoms with van der Waals surface area (Å²) in [5.74, 6) is 0.610. The highest BCUT2D eigenvalue weighted by molar-refractivity contribution is 7.89. The number of hydrogen-bond acceptors (Lipinski definition) is 4. The van der Waals surface area contributed by atoms with E-state index < -0.39 is 16.1 Å². The monoisotopic (exact) mass is 392 g/mol. The first-order valence-electron chi connectivity index (χ1n) is 8.85. The number of sulfonamides is 1. The maximum absolute atomic E-state index is 13.3. The van der Waals surface area contributed by atoms with E-state index in [2.05, 4.69) is 14.7 Å². The van der Waals surface area contributed by atoms with Gasteiger partial charge in [-0.1, -0.05) is 42.5 Å². The van der Waals surface area contributed by atoms with Crippen LogP contribution in [0.25, 0.3) is 10.9 Å². The van der Waals surface area contributed by atoms with Crippen LogP contribution in [0.2, 0.25) is 0 Å². The molecule has 0 unspecified atom stereocenters. The molecule has 0 bridgehead atoms. The Kier molecular flexibility index (Phi) is 4.70. The Morgan fingerprint density at radius 2 is 1.82 bits per heavy atom. The van der Waals surface area contributed by atoms with Crippen LogP contribution in [0.5, 0.6) is 0 Å². The molecule has 0 aliphatic heterocycles. The molecule has 0 spiro atoms. The van der Waals surface area contributed by atoms with Gasteiger partial charge >= 0.3 is 0 Å². The third-order valence-electron chi connectivity index (χ3n) is 4.62. The summed E-state index contributed by atoms with van der Waals surface area (Å²) < 4.78 is 31.3. The standard InChI is InChI=1S/C21H20N4O2S/c1-15-13-17-9-6-10-18(19(17)23-14-15)28(26,27)24-20(16-7-4-3-5-8-16)21-22-11-12-25(21)2/h3-14,20,24H,1-2H3/t20-/m1/s1. The van der Waals surface area contributed by atoms with Gasteiger partial charge < -0.3 is 4.57 Å². The number of fused-ring (bicyclic) bond motifs is 1. The van der Waals surface area contributed by atoms with E-state index in [1.165, 1.54) is 0 Å². The maximum atomic E-state index is 13.3. The number of imidazole rings is 1. The van der Waals surface area contributed by atoms with Crippen molar-refractivity contribution in [3.63, 3.8) is 0 Å². The molecule has 0 aliphatic rings. The summed E-state index contributed by atoms with van der Waals surface area (Å²) in [6.45, 7) is 1.93. The van der Waals surface area contributed by atoms with Crippen molar-refractivity contribution in [3.8, 4) is 0 Å². The Morgan fingerprint density at radius 3 is 2.54 bits per heavy atom. The molecule has 7 heteroatoms. The summed E-state index contributed by atoms with van der Waals surface area (Å²) in [5, 5.41) is 0.788. The van der Waals surface area contributed by atoms with Crippen LogP contribution in [0.4, 0.5) is 0 Å². The third kappa shape index (κ3) is 3.42. The molecule has 0 saturated carbocycles. The summed E-state index contributed by atoms with van der Waals surface area (Å²) in [4.78, 5) is 8.88.